The van der Waals surface area contributed by atoms with E-state index in [0.717, 1.165) is 30.3 Å². The van der Waals surface area contributed by atoms with Crippen molar-refractivity contribution in [2.45, 2.75) is 34.6 Å². The predicted molar refractivity (Wildman–Crippen MR) is 73.0 cm³/mol. The van der Waals surface area contributed by atoms with Gasteiger partial charge in [0.1, 0.15) is 5.82 Å². The number of aryl methyl sites for hydroxylation is 1. The van der Waals surface area contributed by atoms with Crippen LogP contribution in [0, 0.1) is 24.6 Å². The standard InChI is InChI=1S/C13H18FN.C2H6/c1-9(2)11-7-15(8-11)13-10(3)5-4-6-12(13)14;1-2/h4-6,9,11H,7-8H2,1-3H3;1-2H3. The van der Waals surface area contributed by atoms with Gasteiger partial charge in [-0.1, -0.05) is 39.8 Å². The molecule has 1 aromatic carbocycles. The van der Waals surface area contributed by atoms with E-state index < -0.39 is 0 Å². The van der Waals surface area contributed by atoms with E-state index in [4.69, 9.17) is 0 Å². The lowest BCUT2D eigenvalue weighted by molar-refractivity contribution is 0.307. The summed E-state index contributed by atoms with van der Waals surface area (Å²) in [6.07, 6.45) is 0. The number of hydrogen-bond acceptors (Lipinski definition) is 1. The van der Waals surface area contributed by atoms with E-state index in [0.29, 0.717) is 5.92 Å². The first-order chi connectivity index (χ1) is 8.09. The highest BCUT2D eigenvalue weighted by atomic mass is 19.1. The monoisotopic (exact) mass is 237 g/mol. The zero-order valence-electron chi connectivity index (χ0n) is 11.6. The van der Waals surface area contributed by atoms with Crippen LogP contribution in [0.25, 0.3) is 0 Å². The Hall–Kier alpha value is -1.05. The van der Waals surface area contributed by atoms with Crippen molar-refractivity contribution in [2.24, 2.45) is 11.8 Å². The first-order valence-corrected chi connectivity index (χ1v) is 6.59. The van der Waals surface area contributed by atoms with E-state index in [9.17, 15) is 4.39 Å². The summed E-state index contributed by atoms with van der Waals surface area (Å²) in [6.45, 7) is 12.4. The lowest BCUT2D eigenvalue weighted by atomic mass is 9.87. The average Bonchev–Trinajstić information content (AvgIpc) is 2.23. The highest BCUT2D eigenvalue weighted by Crippen LogP contribution is 2.32. The number of halogens is 1. The number of nitrogens with zero attached hydrogens (tertiary/aromatic N) is 1. The molecule has 0 N–H and O–H groups in total. The van der Waals surface area contributed by atoms with Gasteiger partial charge in [0, 0.05) is 13.1 Å². The summed E-state index contributed by atoms with van der Waals surface area (Å²) in [4.78, 5) is 2.15. The van der Waals surface area contributed by atoms with Crippen molar-refractivity contribution >= 4 is 5.69 Å². The highest BCUT2D eigenvalue weighted by Gasteiger charge is 2.31. The molecule has 0 aliphatic carbocycles. The van der Waals surface area contributed by atoms with Crippen molar-refractivity contribution in [3.63, 3.8) is 0 Å². The summed E-state index contributed by atoms with van der Waals surface area (Å²) in [6, 6.07) is 5.29. The quantitative estimate of drug-likeness (QED) is 0.743. The molecule has 2 heteroatoms. The molecule has 96 valence electrons. The van der Waals surface area contributed by atoms with Gasteiger partial charge in [0.25, 0.3) is 0 Å². The Morgan fingerprint density at radius 3 is 2.29 bits per heavy atom. The molecule has 0 unspecified atom stereocenters. The van der Waals surface area contributed by atoms with Crippen molar-refractivity contribution in [3.8, 4) is 0 Å². The zero-order chi connectivity index (χ0) is 13.0. The lowest BCUT2D eigenvalue weighted by Crippen LogP contribution is -2.49. The number of para-hydroxylation sites is 1. The molecule has 17 heavy (non-hydrogen) atoms. The maximum absolute atomic E-state index is 13.6. The van der Waals surface area contributed by atoms with Crippen molar-refractivity contribution in [2.75, 3.05) is 18.0 Å². The van der Waals surface area contributed by atoms with Crippen LogP contribution in [-0.4, -0.2) is 13.1 Å². The maximum atomic E-state index is 13.6. The summed E-state index contributed by atoms with van der Waals surface area (Å²) < 4.78 is 13.6. The van der Waals surface area contributed by atoms with Gasteiger partial charge in [0.05, 0.1) is 5.69 Å². The second kappa shape index (κ2) is 6.04. The molecule has 0 saturated carbocycles. The molecule has 1 heterocycles. The zero-order valence-corrected chi connectivity index (χ0v) is 11.6. The first kappa shape index (κ1) is 14.0. The van der Waals surface area contributed by atoms with Crippen LogP contribution in [0.4, 0.5) is 10.1 Å². The largest absolute Gasteiger partial charge is 0.368 e. The molecule has 0 amide bonds. The number of benzene rings is 1. The Morgan fingerprint density at radius 2 is 1.82 bits per heavy atom. The minimum Gasteiger partial charge on any atom is -0.368 e. The molecule has 0 radical (unpaired) electrons. The van der Waals surface area contributed by atoms with Crippen LogP contribution in [-0.2, 0) is 0 Å². The van der Waals surface area contributed by atoms with Crippen LogP contribution in [0.15, 0.2) is 18.2 Å². The van der Waals surface area contributed by atoms with Gasteiger partial charge in [0.15, 0.2) is 0 Å². The van der Waals surface area contributed by atoms with Gasteiger partial charge >= 0.3 is 0 Å². The Bertz CT molecular complexity index is 334. The minimum atomic E-state index is -0.0859. The van der Waals surface area contributed by atoms with Crippen LogP contribution in [0.3, 0.4) is 0 Å². The normalized spacial score (nSPS) is 15.4. The number of anilines is 1. The van der Waals surface area contributed by atoms with E-state index in [1.54, 1.807) is 12.1 Å². The fourth-order valence-electron chi connectivity index (χ4n) is 2.14. The summed E-state index contributed by atoms with van der Waals surface area (Å²) in [5.74, 6) is 1.34. The van der Waals surface area contributed by atoms with E-state index in [1.807, 2.05) is 26.8 Å². The molecule has 1 aromatic rings. The van der Waals surface area contributed by atoms with Gasteiger partial charge in [-0.15, -0.1) is 0 Å². The number of rotatable bonds is 2. The highest BCUT2D eigenvalue weighted by molar-refractivity contribution is 5.56. The molecule has 1 aliphatic rings. The van der Waals surface area contributed by atoms with Crippen molar-refractivity contribution in [3.05, 3.63) is 29.6 Å². The predicted octanol–water partition coefficient (Wildman–Crippen LogP) is 4.25. The molecule has 2 rings (SSSR count). The summed E-state index contributed by atoms with van der Waals surface area (Å²) in [5, 5.41) is 0. The lowest BCUT2D eigenvalue weighted by Gasteiger charge is -2.44. The van der Waals surface area contributed by atoms with E-state index in [2.05, 4.69) is 18.7 Å². The van der Waals surface area contributed by atoms with Crippen LogP contribution in [0.2, 0.25) is 0 Å². The minimum absolute atomic E-state index is 0.0859. The Kier molecular flexibility index (Phi) is 4.98. The van der Waals surface area contributed by atoms with Crippen LogP contribution >= 0.6 is 0 Å². The Morgan fingerprint density at radius 1 is 1.24 bits per heavy atom. The fourth-order valence-corrected chi connectivity index (χ4v) is 2.14. The second-order valence-corrected chi connectivity index (χ2v) is 4.81. The van der Waals surface area contributed by atoms with E-state index in [-0.39, 0.29) is 5.82 Å². The Labute approximate surface area is 105 Å². The summed E-state index contributed by atoms with van der Waals surface area (Å²) >= 11 is 0. The van der Waals surface area contributed by atoms with Crippen molar-refractivity contribution in [1.82, 2.24) is 0 Å². The Balaban J connectivity index is 0.000000686. The van der Waals surface area contributed by atoms with Gasteiger partial charge in [-0.05, 0) is 30.4 Å². The topological polar surface area (TPSA) is 3.24 Å². The molecule has 0 aromatic heterocycles. The van der Waals surface area contributed by atoms with Crippen LogP contribution < -0.4 is 4.90 Å². The molecule has 0 bridgehead atoms. The molecule has 1 fully saturated rings. The van der Waals surface area contributed by atoms with Gasteiger partial charge in [0.2, 0.25) is 0 Å². The molecule has 1 saturated heterocycles. The summed E-state index contributed by atoms with van der Waals surface area (Å²) in [7, 11) is 0. The van der Waals surface area contributed by atoms with Gasteiger partial charge in [-0.25, -0.2) is 4.39 Å². The third-order valence-electron chi connectivity index (χ3n) is 3.36. The molecule has 0 spiro atoms. The fraction of sp³-hybridized carbons (Fsp3) is 0.600. The summed E-state index contributed by atoms with van der Waals surface area (Å²) in [5.41, 5.74) is 1.84. The van der Waals surface area contributed by atoms with Crippen LogP contribution in [0.5, 0.6) is 0 Å². The van der Waals surface area contributed by atoms with E-state index >= 15 is 0 Å². The van der Waals surface area contributed by atoms with Crippen molar-refractivity contribution < 1.29 is 4.39 Å². The third kappa shape index (κ3) is 2.99. The third-order valence-corrected chi connectivity index (χ3v) is 3.36. The molecular formula is C15H24FN. The van der Waals surface area contributed by atoms with Gasteiger partial charge < -0.3 is 4.90 Å². The maximum Gasteiger partial charge on any atom is 0.146 e. The van der Waals surface area contributed by atoms with Crippen molar-refractivity contribution in [1.29, 1.82) is 0 Å². The number of hydrogen-bond donors (Lipinski definition) is 0. The van der Waals surface area contributed by atoms with E-state index in [1.165, 1.54) is 0 Å². The second-order valence-electron chi connectivity index (χ2n) is 4.81. The van der Waals surface area contributed by atoms with Gasteiger partial charge in [-0.2, -0.15) is 0 Å². The molecular weight excluding hydrogens is 213 g/mol. The molecule has 1 aliphatic heterocycles. The molecule has 0 atom stereocenters. The first-order valence-electron chi connectivity index (χ1n) is 6.59. The smallest absolute Gasteiger partial charge is 0.146 e. The SMILES string of the molecule is CC.Cc1cccc(F)c1N1CC(C(C)C)C1. The van der Waals surface area contributed by atoms with Gasteiger partial charge in [-0.3, -0.25) is 0 Å². The van der Waals surface area contributed by atoms with Crippen LogP contribution in [0.1, 0.15) is 33.3 Å². The average molecular weight is 237 g/mol. The molecule has 1 nitrogen and oxygen atoms in total.